The van der Waals surface area contributed by atoms with Gasteiger partial charge in [0.15, 0.2) is 0 Å². The molecule has 0 saturated heterocycles. The molecule has 0 aliphatic rings. The Bertz CT molecular complexity index is 301. The molecule has 0 saturated carbocycles. The van der Waals surface area contributed by atoms with Gasteiger partial charge in [0.05, 0.1) is 6.54 Å². The highest BCUT2D eigenvalue weighted by atomic mass is 16.5. The fraction of sp³-hybridized carbons (Fsp3) is 0.500. The maximum absolute atomic E-state index is 11.1. The second kappa shape index (κ2) is 7.21. The van der Waals surface area contributed by atoms with Crippen LogP contribution < -0.4 is 5.32 Å². The van der Waals surface area contributed by atoms with Crippen molar-refractivity contribution < 1.29 is 29.4 Å². The Kier molecular flexibility index (Phi) is 6.25. The Morgan fingerprint density at radius 1 is 1.50 bits per heavy atom. The number of nitrogens with one attached hydrogen (secondary N) is 1. The van der Waals surface area contributed by atoms with Gasteiger partial charge in [-0.3, -0.25) is 9.59 Å². The summed E-state index contributed by atoms with van der Waals surface area (Å²) in [4.78, 5) is 32.2. The average molecular weight is 232 g/mol. The number of rotatable bonds is 7. The fourth-order valence-electron chi connectivity index (χ4n) is 0.733. The highest BCUT2D eigenvalue weighted by molar-refractivity contribution is 6.36. The molecular formula is C8H12N2O6. The van der Waals surface area contributed by atoms with Crippen molar-refractivity contribution in [3.63, 3.8) is 0 Å². The summed E-state index contributed by atoms with van der Waals surface area (Å²) in [6.45, 7) is 1.27. The largest absolute Gasteiger partial charge is 0.475 e. The maximum atomic E-state index is 11.1. The third-order valence-corrected chi connectivity index (χ3v) is 1.60. The number of carbonyl (C=O) groups excluding carboxylic acids is 2. The van der Waals surface area contributed by atoms with Gasteiger partial charge in [-0.15, -0.1) is 0 Å². The second-order valence-corrected chi connectivity index (χ2v) is 2.76. The number of esters is 1. The topological polar surface area (TPSA) is 125 Å². The third kappa shape index (κ3) is 4.94. The number of carboxylic acid groups (broad SMARTS) is 1. The van der Waals surface area contributed by atoms with Gasteiger partial charge in [-0.05, 0) is 6.92 Å². The van der Waals surface area contributed by atoms with Crippen LogP contribution in [0.5, 0.6) is 0 Å². The molecule has 0 bridgehead atoms. The predicted molar refractivity (Wildman–Crippen MR) is 51.0 cm³/mol. The first kappa shape index (κ1) is 13.9. The number of nitrogens with zero attached hydrogens (tertiary/aromatic N) is 1. The molecule has 0 aliphatic carbocycles. The minimum absolute atomic E-state index is 0.0674. The molecule has 0 heterocycles. The van der Waals surface area contributed by atoms with E-state index in [0.717, 1.165) is 13.3 Å². The molecule has 0 fully saturated rings. The van der Waals surface area contributed by atoms with E-state index in [-0.39, 0.29) is 13.2 Å². The van der Waals surface area contributed by atoms with Crippen molar-refractivity contribution in [1.82, 2.24) is 5.32 Å². The van der Waals surface area contributed by atoms with Gasteiger partial charge in [0, 0.05) is 0 Å². The lowest BCUT2D eigenvalue weighted by Gasteiger charge is -2.08. The van der Waals surface area contributed by atoms with Crippen molar-refractivity contribution in [3.8, 4) is 0 Å². The second-order valence-electron chi connectivity index (χ2n) is 2.76. The van der Waals surface area contributed by atoms with Gasteiger partial charge in [0.2, 0.25) is 0 Å². The van der Waals surface area contributed by atoms with Crippen LogP contribution in [0.4, 0.5) is 0 Å². The molecule has 0 aliphatic heterocycles. The van der Waals surface area contributed by atoms with Crippen LogP contribution in [0.25, 0.3) is 0 Å². The summed E-state index contributed by atoms with van der Waals surface area (Å²) in [6.07, 6.45) is 0.986. The standard InChI is InChI=1S/C8H12N2O6/c1-5(6(11)7(12)13)8(14)16-3-2-9-4-10-15/h4-5,15H,2-3H2,1H3,(H,9,10)(H,12,13). The molecule has 8 heteroatoms. The molecule has 90 valence electrons. The van der Waals surface area contributed by atoms with Gasteiger partial charge in [-0.1, -0.05) is 5.16 Å². The number of carbonyl (C=O) groups is 3. The molecule has 0 rings (SSSR count). The van der Waals surface area contributed by atoms with Gasteiger partial charge >= 0.3 is 11.9 Å². The minimum Gasteiger partial charge on any atom is -0.475 e. The van der Waals surface area contributed by atoms with Crippen molar-refractivity contribution in [1.29, 1.82) is 0 Å². The van der Waals surface area contributed by atoms with E-state index in [2.05, 4.69) is 15.2 Å². The van der Waals surface area contributed by atoms with E-state index in [9.17, 15) is 14.4 Å². The number of ketones is 1. The summed E-state index contributed by atoms with van der Waals surface area (Å²) in [6, 6.07) is 0. The van der Waals surface area contributed by atoms with Crippen LogP contribution in [0.3, 0.4) is 0 Å². The number of carboxylic acids is 1. The van der Waals surface area contributed by atoms with E-state index in [1.54, 1.807) is 0 Å². The van der Waals surface area contributed by atoms with Crippen LogP contribution in [0.2, 0.25) is 0 Å². The van der Waals surface area contributed by atoms with Crippen molar-refractivity contribution in [2.75, 3.05) is 13.2 Å². The normalized spacial score (nSPS) is 12.1. The highest BCUT2D eigenvalue weighted by Crippen LogP contribution is 2.00. The van der Waals surface area contributed by atoms with E-state index < -0.39 is 23.6 Å². The van der Waals surface area contributed by atoms with E-state index in [4.69, 9.17) is 10.3 Å². The van der Waals surface area contributed by atoms with Crippen molar-refractivity contribution in [2.24, 2.45) is 11.1 Å². The fourth-order valence-corrected chi connectivity index (χ4v) is 0.733. The van der Waals surface area contributed by atoms with Gasteiger partial charge in [0.1, 0.15) is 18.9 Å². The number of hydrogen-bond donors (Lipinski definition) is 3. The van der Waals surface area contributed by atoms with Crippen molar-refractivity contribution >= 4 is 24.1 Å². The van der Waals surface area contributed by atoms with Gasteiger partial charge in [-0.25, -0.2) is 4.79 Å². The van der Waals surface area contributed by atoms with Crippen LogP contribution in [0, 0.1) is 5.92 Å². The molecule has 0 spiro atoms. The van der Waals surface area contributed by atoms with E-state index in [1.165, 1.54) is 0 Å². The van der Waals surface area contributed by atoms with Crippen LogP contribution in [0.1, 0.15) is 6.92 Å². The highest BCUT2D eigenvalue weighted by Gasteiger charge is 2.28. The molecule has 1 atom stereocenters. The first-order valence-corrected chi connectivity index (χ1v) is 4.33. The van der Waals surface area contributed by atoms with Gasteiger partial charge in [-0.2, -0.15) is 0 Å². The summed E-state index contributed by atoms with van der Waals surface area (Å²) >= 11 is 0. The van der Waals surface area contributed by atoms with Gasteiger partial charge < -0.3 is 20.4 Å². The van der Waals surface area contributed by atoms with E-state index in [1.807, 2.05) is 0 Å². The molecule has 0 aromatic heterocycles. The summed E-state index contributed by atoms with van der Waals surface area (Å²) in [5.74, 6) is -5.12. The molecule has 8 nitrogen and oxygen atoms in total. The maximum Gasteiger partial charge on any atom is 0.373 e. The zero-order valence-corrected chi connectivity index (χ0v) is 8.54. The SMILES string of the molecule is CC(C(=O)OCCNC=NO)C(=O)C(=O)O. The Hall–Kier alpha value is -2.12. The Morgan fingerprint density at radius 3 is 2.62 bits per heavy atom. The minimum atomic E-state index is -1.67. The molecule has 1 unspecified atom stereocenters. The van der Waals surface area contributed by atoms with Crippen LogP contribution in [-0.4, -0.2) is 47.5 Å². The zero-order chi connectivity index (χ0) is 12.6. The lowest BCUT2D eigenvalue weighted by Crippen LogP contribution is -2.30. The third-order valence-electron chi connectivity index (χ3n) is 1.60. The number of oxime groups is 1. The molecule has 0 radical (unpaired) electrons. The monoisotopic (exact) mass is 232 g/mol. The van der Waals surface area contributed by atoms with E-state index in [0.29, 0.717) is 0 Å². The average Bonchev–Trinajstić information content (AvgIpc) is 2.26. The summed E-state index contributed by atoms with van der Waals surface area (Å²) in [7, 11) is 0. The molecule has 3 N–H and O–H groups in total. The molecular weight excluding hydrogens is 220 g/mol. The van der Waals surface area contributed by atoms with Crippen LogP contribution in [0.15, 0.2) is 5.16 Å². The molecule has 16 heavy (non-hydrogen) atoms. The lowest BCUT2D eigenvalue weighted by atomic mass is 10.1. The van der Waals surface area contributed by atoms with Crippen molar-refractivity contribution in [3.05, 3.63) is 0 Å². The van der Waals surface area contributed by atoms with Crippen molar-refractivity contribution in [2.45, 2.75) is 6.92 Å². The summed E-state index contributed by atoms with van der Waals surface area (Å²) in [5, 5.41) is 21.4. The van der Waals surface area contributed by atoms with E-state index >= 15 is 0 Å². The quantitative estimate of drug-likeness (QED) is 0.0737. The Balaban J connectivity index is 3.88. The zero-order valence-electron chi connectivity index (χ0n) is 8.54. The number of hydrogen-bond acceptors (Lipinski definition) is 6. The summed E-state index contributed by atoms with van der Waals surface area (Å²) < 4.78 is 4.59. The number of ether oxygens (including phenoxy) is 1. The first-order valence-electron chi connectivity index (χ1n) is 4.33. The molecule has 0 aromatic carbocycles. The first-order chi connectivity index (χ1) is 7.50. The predicted octanol–water partition coefficient (Wildman–Crippen LogP) is -1.17. The molecule has 0 amide bonds. The lowest BCUT2D eigenvalue weighted by molar-refractivity contribution is -0.159. The van der Waals surface area contributed by atoms with Gasteiger partial charge in [0.25, 0.3) is 5.78 Å². The molecule has 0 aromatic rings. The van der Waals surface area contributed by atoms with Crippen LogP contribution in [-0.2, 0) is 19.1 Å². The van der Waals surface area contributed by atoms with Crippen LogP contribution >= 0.6 is 0 Å². The Labute approximate surface area is 90.9 Å². The smallest absolute Gasteiger partial charge is 0.373 e. The number of aliphatic carboxylic acids is 1. The summed E-state index contributed by atoms with van der Waals surface area (Å²) in [5.41, 5.74) is 0. The number of Topliss-reactive ketones (excluding diaryl/α,β-unsaturated/α-hetero) is 1. The Morgan fingerprint density at radius 2 is 2.12 bits per heavy atom.